The fourth-order valence-corrected chi connectivity index (χ4v) is 5.81. The van der Waals surface area contributed by atoms with E-state index in [4.69, 9.17) is 5.14 Å². The minimum atomic E-state index is -4.76. The second kappa shape index (κ2) is 8.38. The molecule has 188 valence electrons. The van der Waals surface area contributed by atoms with Crippen LogP contribution in [0.4, 0.5) is 23.2 Å². The minimum absolute atomic E-state index is 0.287. The molecule has 1 aliphatic heterocycles. The predicted molar refractivity (Wildman–Crippen MR) is 124 cm³/mol. The fraction of sp³-hybridized carbons (Fsp3) is 0.280. The number of rotatable bonds is 3. The van der Waals surface area contributed by atoms with E-state index in [1.54, 1.807) is 12.3 Å². The van der Waals surface area contributed by atoms with Crippen molar-refractivity contribution >= 4 is 21.6 Å². The smallest absolute Gasteiger partial charge is 0.311 e. The molecule has 0 fully saturated rings. The summed E-state index contributed by atoms with van der Waals surface area (Å²) in [6, 6.07) is 12.4. The van der Waals surface area contributed by atoms with Crippen LogP contribution >= 0.6 is 0 Å². The molecule has 0 bridgehead atoms. The first-order valence-corrected chi connectivity index (χ1v) is 12.7. The van der Waals surface area contributed by atoms with Gasteiger partial charge in [-0.2, -0.15) is 13.2 Å². The number of nitrogens with two attached hydrogens (primary N) is 1. The maximum Gasteiger partial charge on any atom is 0.397 e. The van der Waals surface area contributed by atoms with Crippen LogP contribution in [0.1, 0.15) is 35.4 Å². The number of amides is 1. The van der Waals surface area contributed by atoms with E-state index in [1.165, 1.54) is 0 Å². The zero-order chi connectivity index (χ0) is 26.0. The molecule has 0 radical (unpaired) electrons. The maximum absolute atomic E-state index is 14.4. The highest BCUT2D eigenvalue weighted by molar-refractivity contribution is 7.89. The van der Waals surface area contributed by atoms with E-state index in [9.17, 15) is 30.8 Å². The number of pyridine rings is 1. The van der Waals surface area contributed by atoms with Crippen molar-refractivity contribution in [3.05, 3.63) is 77.2 Å². The molecule has 3 aromatic rings. The summed E-state index contributed by atoms with van der Waals surface area (Å²) in [6.45, 7) is 1.07. The molecular formula is C25H21F4N3O3S. The maximum atomic E-state index is 14.4. The average Bonchev–Trinajstić information content (AvgIpc) is 3.35. The molecule has 11 heteroatoms. The van der Waals surface area contributed by atoms with Crippen LogP contribution in [-0.2, 0) is 21.2 Å². The summed E-state index contributed by atoms with van der Waals surface area (Å²) in [4.78, 5) is 17.9. The highest BCUT2D eigenvalue weighted by Crippen LogP contribution is 2.49. The van der Waals surface area contributed by atoms with E-state index in [1.807, 2.05) is 37.3 Å². The summed E-state index contributed by atoms with van der Waals surface area (Å²) >= 11 is 0. The molecule has 0 saturated heterocycles. The first-order valence-electron chi connectivity index (χ1n) is 11.1. The van der Waals surface area contributed by atoms with E-state index in [0.29, 0.717) is 12.5 Å². The number of carbonyl (C=O) groups excluding carboxylic acids is 1. The van der Waals surface area contributed by atoms with Crippen LogP contribution in [0.3, 0.4) is 0 Å². The lowest BCUT2D eigenvalue weighted by Gasteiger charge is -2.25. The van der Waals surface area contributed by atoms with Crippen molar-refractivity contribution in [2.75, 3.05) is 11.4 Å². The largest absolute Gasteiger partial charge is 0.397 e. The molecule has 1 aliphatic carbocycles. The molecular weight excluding hydrogens is 498 g/mol. The lowest BCUT2D eigenvalue weighted by atomic mass is 9.93. The number of benzene rings is 2. The van der Waals surface area contributed by atoms with Gasteiger partial charge in [0.2, 0.25) is 15.9 Å². The Bertz CT molecular complexity index is 1480. The summed E-state index contributed by atoms with van der Waals surface area (Å²) in [5, 5.41) is 5.06. The molecule has 1 unspecified atom stereocenters. The Morgan fingerprint density at radius 3 is 2.50 bits per heavy atom. The average molecular weight is 520 g/mol. The fourth-order valence-electron chi connectivity index (χ4n) is 5.21. The molecule has 0 spiro atoms. The first kappa shape index (κ1) is 24.4. The van der Waals surface area contributed by atoms with Crippen LogP contribution in [0.2, 0.25) is 0 Å². The molecule has 1 aromatic heterocycles. The molecule has 2 aliphatic rings. The number of aromatic nitrogens is 1. The number of hydrogen-bond acceptors (Lipinski definition) is 4. The van der Waals surface area contributed by atoms with Crippen LogP contribution in [0.5, 0.6) is 0 Å². The number of carbonyl (C=O) groups is 1. The Balaban J connectivity index is 1.51. The Morgan fingerprint density at radius 1 is 1.11 bits per heavy atom. The Hall–Kier alpha value is -3.31. The molecule has 0 saturated carbocycles. The van der Waals surface area contributed by atoms with Crippen molar-refractivity contribution in [1.82, 2.24) is 4.98 Å². The summed E-state index contributed by atoms with van der Waals surface area (Å²) in [5.41, 5.74) is 2.63. The summed E-state index contributed by atoms with van der Waals surface area (Å²) < 4.78 is 79.5. The second-order valence-electron chi connectivity index (χ2n) is 9.16. The van der Waals surface area contributed by atoms with Gasteiger partial charge in [-0.05, 0) is 59.4 Å². The van der Waals surface area contributed by atoms with Gasteiger partial charge < -0.3 is 4.90 Å². The van der Waals surface area contributed by atoms with Crippen molar-refractivity contribution in [3.63, 3.8) is 0 Å². The van der Waals surface area contributed by atoms with Crippen molar-refractivity contribution in [2.45, 2.75) is 36.3 Å². The number of hydrogen-bond donors (Lipinski definition) is 1. The Morgan fingerprint density at radius 2 is 1.86 bits per heavy atom. The zero-order valence-corrected chi connectivity index (χ0v) is 19.8. The monoisotopic (exact) mass is 519 g/mol. The molecule has 6 nitrogen and oxygen atoms in total. The van der Waals surface area contributed by atoms with Crippen LogP contribution in [-0.4, -0.2) is 32.0 Å². The topological polar surface area (TPSA) is 93.4 Å². The zero-order valence-electron chi connectivity index (χ0n) is 19.0. The summed E-state index contributed by atoms with van der Waals surface area (Å²) in [5.74, 6) is -5.09. The number of anilines is 1. The van der Waals surface area contributed by atoms with Crippen molar-refractivity contribution < 1.29 is 30.8 Å². The standard InChI is InChI=1S/C25H21F4N3O3S/c1-13-16-6-5-14(21-4-2-3-7-31-21)8-15(16)9-17(13)24(33)32-12-19(25(27,28)29)18-10-20(26)23(11-22(18)32)36(30,34)35/h2-8,10-11,13,17,19H,9,12H2,1H3,(H2,30,34,35)/t13-,17-,19?/m0/s1. The lowest BCUT2D eigenvalue weighted by Crippen LogP contribution is -2.38. The van der Waals surface area contributed by atoms with Crippen molar-refractivity contribution in [3.8, 4) is 11.3 Å². The molecule has 2 N–H and O–H groups in total. The van der Waals surface area contributed by atoms with Gasteiger partial charge in [-0.3, -0.25) is 9.78 Å². The van der Waals surface area contributed by atoms with Gasteiger partial charge in [-0.15, -0.1) is 0 Å². The van der Waals surface area contributed by atoms with Crippen LogP contribution < -0.4 is 10.0 Å². The number of fused-ring (bicyclic) bond motifs is 2. The minimum Gasteiger partial charge on any atom is -0.311 e. The van der Waals surface area contributed by atoms with E-state index in [0.717, 1.165) is 33.4 Å². The summed E-state index contributed by atoms with van der Waals surface area (Å²) in [6.07, 6.45) is -2.80. The van der Waals surface area contributed by atoms with E-state index in [-0.39, 0.29) is 11.6 Å². The Kier molecular flexibility index (Phi) is 5.68. The van der Waals surface area contributed by atoms with Gasteiger partial charge in [-0.1, -0.05) is 25.1 Å². The predicted octanol–water partition coefficient (Wildman–Crippen LogP) is 4.50. The van der Waals surface area contributed by atoms with Crippen molar-refractivity contribution in [2.24, 2.45) is 11.1 Å². The third kappa shape index (κ3) is 4.05. The van der Waals surface area contributed by atoms with Gasteiger partial charge in [0.05, 0.1) is 11.6 Å². The number of halogens is 4. The van der Waals surface area contributed by atoms with E-state index >= 15 is 0 Å². The first-order chi connectivity index (χ1) is 16.9. The van der Waals surface area contributed by atoms with Crippen molar-refractivity contribution in [1.29, 1.82) is 0 Å². The highest BCUT2D eigenvalue weighted by atomic mass is 32.2. The third-order valence-electron chi connectivity index (χ3n) is 7.03. The van der Waals surface area contributed by atoms with Crippen LogP contribution in [0, 0.1) is 11.7 Å². The number of primary sulfonamides is 1. The lowest BCUT2D eigenvalue weighted by molar-refractivity contribution is -0.147. The normalized spacial score (nSPS) is 21.4. The van der Waals surface area contributed by atoms with Gasteiger partial charge in [0.1, 0.15) is 10.7 Å². The highest BCUT2D eigenvalue weighted by Gasteiger charge is 2.50. The quantitative estimate of drug-likeness (QED) is 0.516. The molecule has 5 rings (SSSR count). The number of alkyl halides is 3. The number of nitrogens with zero attached hydrogens (tertiary/aromatic N) is 2. The molecule has 3 atom stereocenters. The van der Waals surface area contributed by atoms with E-state index in [2.05, 4.69) is 4.98 Å². The van der Waals surface area contributed by atoms with Gasteiger partial charge in [0.25, 0.3) is 0 Å². The van der Waals surface area contributed by atoms with Gasteiger partial charge in [0.15, 0.2) is 0 Å². The molecule has 36 heavy (non-hydrogen) atoms. The van der Waals surface area contributed by atoms with Gasteiger partial charge >= 0.3 is 6.18 Å². The molecule has 1 amide bonds. The van der Waals surface area contributed by atoms with Crippen LogP contribution in [0.15, 0.2) is 59.6 Å². The van der Waals surface area contributed by atoms with Gasteiger partial charge in [-0.25, -0.2) is 17.9 Å². The van der Waals surface area contributed by atoms with Gasteiger partial charge in [0, 0.05) is 29.9 Å². The number of sulfonamides is 1. The third-order valence-corrected chi connectivity index (χ3v) is 7.96. The van der Waals surface area contributed by atoms with Crippen LogP contribution in [0.25, 0.3) is 11.3 Å². The summed E-state index contributed by atoms with van der Waals surface area (Å²) in [7, 11) is -4.56. The molecule has 2 aromatic carbocycles. The van der Waals surface area contributed by atoms with E-state index < -0.39 is 56.8 Å². The SMILES string of the molecule is C[C@H]1c2ccc(-c3ccccn3)cc2C[C@@H]1C(=O)N1CC(C(F)(F)F)c2cc(F)c(S(N)(=O)=O)cc21. The molecule has 2 heterocycles. The second-order valence-corrected chi connectivity index (χ2v) is 10.7. The Labute approximate surface area is 204 Å².